The van der Waals surface area contributed by atoms with E-state index in [1.807, 2.05) is 0 Å². The van der Waals surface area contributed by atoms with E-state index in [1.54, 1.807) is 0 Å². The van der Waals surface area contributed by atoms with Gasteiger partial charge in [-0.2, -0.15) is 0 Å². The highest BCUT2D eigenvalue weighted by Gasteiger charge is 1.81. The van der Waals surface area contributed by atoms with Gasteiger partial charge in [-0.1, -0.05) is 0 Å². The molecule has 0 heterocycles. The van der Waals surface area contributed by atoms with Gasteiger partial charge in [0.15, 0.2) is 1.12 Å². The first-order valence-corrected chi connectivity index (χ1v) is 2.44. The molecule has 0 aromatic rings. The average Bonchev–Trinajstić information content (AvgIpc) is 1.31. The fraction of sp³-hybridized carbons (Fsp3) is 1.00. The molecule has 0 amide bonds. The molecule has 0 aromatic heterocycles. The summed E-state index contributed by atoms with van der Waals surface area (Å²) < 4.78 is 27.0. The SMILES string of the molecule is [2H]S(=O)(=O)N(C)C. The second-order valence-corrected chi connectivity index (χ2v) is 2.19. The lowest BCUT2D eigenvalue weighted by molar-refractivity contribution is 0.544. The van der Waals surface area contributed by atoms with E-state index in [0.29, 0.717) is 0 Å². The van der Waals surface area contributed by atoms with Crippen molar-refractivity contribution in [3.63, 3.8) is 0 Å². The van der Waals surface area contributed by atoms with Crippen molar-refractivity contribution in [1.29, 1.82) is 1.12 Å². The van der Waals surface area contributed by atoms with Crippen molar-refractivity contribution < 1.29 is 8.42 Å². The van der Waals surface area contributed by atoms with E-state index in [2.05, 4.69) is 0 Å². The summed E-state index contributed by atoms with van der Waals surface area (Å²) in [7, 11) is -1.04. The molecular weight excluding hydrogens is 102 g/mol. The largest absolute Gasteiger partial charge is 0.215 e. The molecule has 0 bridgehead atoms. The van der Waals surface area contributed by atoms with Gasteiger partial charge in [0.1, 0.15) is 0 Å². The van der Waals surface area contributed by atoms with Crippen molar-refractivity contribution >= 4 is 10.8 Å². The zero-order chi connectivity index (χ0) is 6.08. The molecule has 0 saturated carbocycles. The first-order chi connectivity index (χ1) is 2.94. The normalized spacial score (nSPS) is 14.8. The van der Waals surface area contributed by atoms with E-state index in [0.717, 1.165) is 4.31 Å². The minimum absolute atomic E-state index is 0.826. The predicted molar refractivity (Wildman–Crippen MR) is 24.0 cm³/mol. The molecule has 0 radical (unpaired) electrons. The monoisotopic (exact) mass is 110 g/mol. The van der Waals surface area contributed by atoms with Gasteiger partial charge in [0.25, 0.3) is 0 Å². The van der Waals surface area contributed by atoms with Crippen molar-refractivity contribution in [3.8, 4) is 0 Å². The topological polar surface area (TPSA) is 37.4 Å². The van der Waals surface area contributed by atoms with E-state index in [4.69, 9.17) is 1.12 Å². The van der Waals surface area contributed by atoms with Gasteiger partial charge < -0.3 is 0 Å². The van der Waals surface area contributed by atoms with E-state index in [1.165, 1.54) is 14.1 Å². The smallest absolute Gasteiger partial charge is 0.203 e. The second-order valence-electron chi connectivity index (χ2n) is 1.03. The first kappa shape index (κ1) is 4.08. The van der Waals surface area contributed by atoms with Crippen LogP contribution in [0.3, 0.4) is 0 Å². The summed E-state index contributed by atoms with van der Waals surface area (Å²) in [4.78, 5) is 0. The molecule has 0 N–H and O–H groups in total. The van der Waals surface area contributed by atoms with Crippen LogP contribution in [-0.2, 0) is 10.8 Å². The summed E-state index contributed by atoms with van der Waals surface area (Å²) >= 11 is 0. The fourth-order valence-corrected chi connectivity index (χ4v) is 0. The Labute approximate surface area is 39.7 Å². The Hall–Kier alpha value is -0.0900. The van der Waals surface area contributed by atoms with Crippen molar-refractivity contribution in [2.75, 3.05) is 14.1 Å². The number of rotatable bonds is 1. The minimum Gasteiger partial charge on any atom is -0.215 e. The third-order valence-electron chi connectivity index (χ3n) is 0.298. The third-order valence-corrected chi connectivity index (χ3v) is 0.894. The van der Waals surface area contributed by atoms with Gasteiger partial charge in [0.2, 0.25) is 10.8 Å². The van der Waals surface area contributed by atoms with Crippen molar-refractivity contribution in [2.45, 2.75) is 0 Å². The van der Waals surface area contributed by atoms with Crippen LogP contribution in [0.25, 0.3) is 0 Å². The number of hydrogen-bond donors (Lipinski definition) is 1. The molecule has 0 fully saturated rings. The highest BCUT2D eigenvalue weighted by Crippen LogP contribution is 1.64. The zero-order valence-electron chi connectivity index (χ0n) is 4.67. The van der Waals surface area contributed by atoms with Crippen LogP contribution in [-0.4, -0.2) is 27.9 Å². The highest BCUT2D eigenvalue weighted by atomic mass is 32.2. The van der Waals surface area contributed by atoms with Gasteiger partial charge in [-0.15, -0.1) is 0 Å². The maximum Gasteiger partial charge on any atom is 0.203 e. The summed E-state index contributed by atoms with van der Waals surface area (Å²) in [5, 5.41) is 0. The number of nitrogens with zero attached hydrogens (tertiary/aromatic N) is 1. The van der Waals surface area contributed by atoms with Crippen molar-refractivity contribution in [2.24, 2.45) is 0 Å². The van der Waals surface area contributed by atoms with Crippen LogP contribution in [0.4, 0.5) is 0 Å². The van der Waals surface area contributed by atoms with Crippen LogP contribution < -0.4 is 0 Å². The molecule has 3 nitrogen and oxygen atoms in total. The lowest BCUT2D eigenvalue weighted by Crippen LogP contribution is -2.06. The van der Waals surface area contributed by atoms with Gasteiger partial charge in [-0.05, 0) is 0 Å². The van der Waals surface area contributed by atoms with Gasteiger partial charge in [-0.3, -0.25) is 0 Å². The third kappa shape index (κ3) is 2.17. The van der Waals surface area contributed by atoms with Crippen LogP contribution in [0.1, 0.15) is 0 Å². The zero-order valence-corrected chi connectivity index (χ0v) is 4.49. The molecule has 0 aliphatic carbocycles. The molecular formula is C2H7NO2S. The Morgan fingerprint density at radius 2 is 1.83 bits per heavy atom. The Kier molecular flexibility index (Phi) is 1.46. The molecule has 6 heavy (non-hydrogen) atoms. The van der Waals surface area contributed by atoms with Crippen LogP contribution in [0, 0.1) is 0 Å². The predicted octanol–water partition coefficient (Wildman–Crippen LogP) is -0.926. The van der Waals surface area contributed by atoms with Crippen LogP contribution >= 0.6 is 0 Å². The average molecular weight is 110 g/mol. The summed E-state index contributed by atoms with van der Waals surface area (Å²) in [5.74, 6) is 0. The maximum absolute atomic E-state index is 9.92. The van der Waals surface area contributed by atoms with E-state index >= 15 is 0 Å². The molecule has 0 atom stereocenters. The second kappa shape index (κ2) is 2.15. The maximum atomic E-state index is 9.92. The molecule has 0 aliphatic rings. The fourth-order valence-electron chi connectivity index (χ4n) is 0. The van der Waals surface area contributed by atoms with Crippen LogP contribution in [0.5, 0.6) is 0 Å². The van der Waals surface area contributed by atoms with Crippen molar-refractivity contribution in [1.82, 2.24) is 4.31 Å². The Bertz CT molecular complexity index is 138. The Balaban J connectivity index is 4.10. The molecule has 0 rings (SSSR count). The first-order valence-electron chi connectivity index (χ1n) is 1.82. The molecule has 0 aliphatic heterocycles. The van der Waals surface area contributed by atoms with E-state index < -0.39 is 10.8 Å². The Morgan fingerprint density at radius 3 is 1.83 bits per heavy atom. The molecule has 0 saturated heterocycles. The lowest BCUT2D eigenvalue weighted by Gasteiger charge is -1.91. The van der Waals surface area contributed by atoms with Crippen LogP contribution in [0.2, 0.25) is 0 Å². The summed E-state index contributed by atoms with van der Waals surface area (Å²) in [6.45, 7) is 0. The standard InChI is InChI=1S/C2H7NO2S/c1-3(2)6(4)5/h6H,1-2H3/i6D. The quantitative estimate of drug-likeness (QED) is 0.443. The molecule has 38 valence electrons. The highest BCUT2D eigenvalue weighted by molar-refractivity contribution is 7.69. The van der Waals surface area contributed by atoms with Crippen molar-refractivity contribution in [3.05, 3.63) is 0 Å². The minimum atomic E-state index is -3.66. The molecule has 4 heteroatoms. The summed E-state index contributed by atoms with van der Waals surface area (Å²) in [6.07, 6.45) is 0. The number of thiol groups is 1. The van der Waals surface area contributed by atoms with E-state index in [-0.39, 0.29) is 0 Å². The molecule has 0 unspecified atom stereocenters. The van der Waals surface area contributed by atoms with Gasteiger partial charge in [-0.25, -0.2) is 12.7 Å². The van der Waals surface area contributed by atoms with Crippen LogP contribution in [0.15, 0.2) is 0 Å². The van der Waals surface area contributed by atoms with E-state index in [9.17, 15) is 8.42 Å². The molecule has 0 aromatic carbocycles. The summed E-state index contributed by atoms with van der Waals surface area (Å²) in [5.41, 5.74) is 0. The van der Waals surface area contributed by atoms with Gasteiger partial charge in [0.05, 0.1) is 0 Å². The Morgan fingerprint density at radius 1 is 1.67 bits per heavy atom. The van der Waals surface area contributed by atoms with Gasteiger partial charge in [0, 0.05) is 14.1 Å². The van der Waals surface area contributed by atoms with Gasteiger partial charge >= 0.3 is 0 Å². The lowest BCUT2D eigenvalue weighted by atomic mass is 11.3. The number of hydrogen-bond acceptors (Lipinski definition) is 2. The molecule has 0 spiro atoms. The summed E-state index contributed by atoms with van der Waals surface area (Å²) in [6, 6.07) is 0.